The van der Waals surface area contributed by atoms with Gasteiger partial charge in [0.05, 0.1) is 11.7 Å². The van der Waals surface area contributed by atoms with Gasteiger partial charge in [-0.3, -0.25) is 10.2 Å². The van der Waals surface area contributed by atoms with Crippen molar-refractivity contribution in [3.63, 3.8) is 0 Å². The van der Waals surface area contributed by atoms with Crippen LogP contribution < -0.4 is 5.32 Å². The number of carboxylic acids is 1. The number of pyridine rings is 1. The molecular weight excluding hydrogens is 470 g/mol. The predicted octanol–water partition coefficient (Wildman–Crippen LogP) is 4.33. The summed E-state index contributed by atoms with van der Waals surface area (Å²) in [5.74, 6) is -0.886. The second-order valence-electron chi connectivity index (χ2n) is 10.5. The van der Waals surface area contributed by atoms with E-state index in [1.54, 1.807) is 24.3 Å². The van der Waals surface area contributed by atoms with Crippen molar-refractivity contribution in [2.24, 2.45) is 0 Å². The van der Waals surface area contributed by atoms with Crippen molar-refractivity contribution in [3.05, 3.63) is 47.2 Å². The van der Waals surface area contributed by atoms with Crippen molar-refractivity contribution in [3.8, 4) is 11.1 Å². The number of nitrogens with zero attached hydrogens (tertiary/aromatic N) is 3. The van der Waals surface area contributed by atoms with Crippen molar-refractivity contribution in [1.82, 2.24) is 14.8 Å². The van der Waals surface area contributed by atoms with E-state index in [0.29, 0.717) is 47.2 Å². The number of carbonyl (C=O) groups excluding carboxylic acids is 1. The first-order chi connectivity index (χ1) is 17.6. The van der Waals surface area contributed by atoms with E-state index in [1.165, 1.54) is 12.5 Å². The number of hydrogen-bond acceptors (Lipinski definition) is 7. The monoisotopic (exact) mass is 507 g/mol. The molecule has 4 rings (SSSR count). The molecule has 2 heterocycles. The fraction of sp³-hybridized carbons (Fsp3) is 0.500. The van der Waals surface area contributed by atoms with Crippen LogP contribution in [-0.2, 0) is 4.74 Å². The van der Waals surface area contributed by atoms with Crippen molar-refractivity contribution < 1.29 is 19.4 Å². The molecule has 1 aliphatic carbocycles. The molecule has 3 N–H and O–H groups in total. The van der Waals surface area contributed by atoms with E-state index < -0.39 is 5.97 Å². The SMILES string of the molecule is CC(C)OC(=N)c1c(-c2ccc(C(=O)N3CC(N(C)C)C3)cc2)cc(C(=O)O)nc1NC1CCCCC1. The quantitative estimate of drug-likeness (QED) is 0.359. The lowest BCUT2D eigenvalue weighted by Gasteiger charge is -2.42. The molecule has 1 saturated heterocycles. The predicted molar refractivity (Wildman–Crippen MR) is 144 cm³/mol. The maximum absolute atomic E-state index is 12.9. The number of aromatic nitrogens is 1. The van der Waals surface area contributed by atoms with E-state index in [0.717, 1.165) is 25.7 Å². The molecule has 1 aliphatic heterocycles. The van der Waals surface area contributed by atoms with Gasteiger partial charge in [0, 0.05) is 36.3 Å². The van der Waals surface area contributed by atoms with E-state index in [9.17, 15) is 14.7 Å². The van der Waals surface area contributed by atoms with Gasteiger partial charge < -0.3 is 25.0 Å². The van der Waals surface area contributed by atoms with Crippen LogP contribution >= 0.6 is 0 Å². The molecule has 2 aliphatic rings. The molecule has 1 aromatic carbocycles. The van der Waals surface area contributed by atoms with E-state index in [2.05, 4.69) is 15.2 Å². The minimum absolute atomic E-state index is 0.0265. The normalized spacial score (nSPS) is 16.5. The summed E-state index contributed by atoms with van der Waals surface area (Å²) >= 11 is 0. The number of carbonyl (C=O) groups is 2. The molecule has 1 saturated carbocycles. The zero-order valence-electron chi connectivity index (χ0n) is 22.1. The number of likely N-dealkylation sites (N-methyl/N-ethyl adjacent to an activating group) is 1. The zero-order valence-corrected chi connectivity index (χ0v) is 22.1. The van der Waals surface area contributed by atoms with Crippen LogP contribution in [0.15, 0.2) is 30.3 Å². The van der Waals surface area contributed by atoms with Gasteiger partial charge in [-0.15, -0.1) is 0 Å². The van der Waals surface area contributed by atoms with E-state index in [4.69, 9.17) is 10.1 Å². The summed E-state index contributed by atoms with van der Waals surface area (Å²) in [4.78, 5) is 33.2. The molecule has 37 heavy (non-hydrogen) atoms. The Morgan fingerprint density at radius 1 is 1.14 bits per heavy atom. The smallest absolute Gasteiger partial charge is 0.354 e. The Kier molecular flexibility index (Phi) is 8.12. The number of nitrogens with one attached hydrogen (secondary N) is 2. The molecule has 2 fully saturated rings. The number of hydrogen-bond donors (Lipinski definition) is 3. The molecule has 0 atom stereocenters. The Bertz CT molecular complexity index is 1150. The third-order valence-electron chi connectivity index (χ3n) is 7.09. The zero-order chi connectivity index (χ0) is 26.7. The highest BCUT2D eigenvalue weighted by molar-refractivity contribution is 6.05. The largest absolute Gasteiger partial charge is 0.477 e. The van der Waals surface area contributed by atoms with Gasteiger partial charge >= 0.3 is 5.97 Å². The number of rotatable bonds is 8. The van der Waals surface area contributed by atoms with Gasteiger partial charge in [0.15, 0.2) is 5.69 Å². The molecule has 0 unspecified atom stereocenters. The van der Waals surface area contributed by atoms with Gasteiger partial charge in [-0.25, -0.2) is 9.78 Å². The standard InChI is InChI=1S/C28H37N5O4/c1-17(2)37-25(29)24-22(14-23(28(35)36)31-26(24)30-20-8-6-5-7-9-20)18-10-12-19(13-11-18)27(34)33-15-21(16-33)32(3)4/h10-14,17,20-21,29H,5-9,15-16H2,1-4H3,(H,30,31)(H,35,36). The maximum atomic E-state index is 12.9. The molecule has 0 radical (unpaired) electrons. The molecule has 2 aromatic rings. The number of likely N-dealkylation sites (tertiary alicyclic amines) is 1. The summed E-state index contributed by atoms with van der Waals surface area (Å²) in [6.07, 6.45) is 5.08. The second kappa shape index (κ2) is 11.3. The molecule has 0 spiro atoms. The van der Waals surface area contributed by atoms with Crippen molar-refractivity contribution >= 4 is 23.6 Å². The van der Waals surface area contributed by atoms with Crippen molar-refractivity contribution in [1.29, 1.82) is 5.41 Å². The van der Waals surface area contributed by atoms with Crippen LogP contribution in [0.5, 0.6) is 0 Å². The maximum Gasteiger partial charge on any atom is 0.354 e. The minimum Gasteiger partial charge on any atom is -0.477 e. The Hall–Kier alpha value is -3.46. The van der Waals surface area contributed by atoms with Gasteiger partial charge in [0.2, 0.25) is 5.90 Å². The van der Waals surface area contributed by atoms with Crippen LogP contribution in [0.25, 0.3) is 11.1 Å². The summed E-state index contributed by atoms with van der Waals surface area (Å²) in [6.45, 7) is 5.09. The first kappa shape index (κ1) is 26.6. The van der Waals surface area contributed by atoms with Gasteiger partial charge in [-0.1, -0.05) is 31.4 Å². The molecule has 0 bridgehead atoms. The molecular formula is C28H37N5O4. The summed E-state index contributed by atoms with van der Waals surface area (Å²) < 4.78 is 5.76. The minimum atomic E-state index is -1.14. The molecule has 9 nitrogen and oxygen atoms in total. The van der Waals surface area contributed by atoms with Crippen molar-refractivity contribution in [2.45, 2.75) is 64.1 Å². The van der Waals surface area contributed by atoms with Crippen molar-refractivity contribution in [2.75, 3.05) is 32.5 Å². The van der Waals surface area contributed by atoms with E-state index in [1.807, 2.05) is 32.8 Å². The Morgan fingerprint density at radius 2 is 1.78 bits per heavy atom. The number of carboxylic acid groups (broad SMARTS) is 1. The molecule has 9 heteroatoms. The van der Waals surface area contributed by atoms with Gasteiger partial charge in [-0.05, 0) is 64.5 Å². The molecule has 1 aromatic heterocycles. The summed E-state index contributed by atoms with van der Waals surface area (Å²) in [5, 5.41) is 22.0. The summed E-state index contributed by atoms with van der Waals surface area (Å²) in [5.41, 5.74) is 2.12. The summed E-state index contributed by atoms with van der Waals surface area (Å²) in [7, 11) is 4.02. The Labute approximate surface area is 218 Å². The first-order valence-electron chi connectivity index (χ1n) is 13.0. The number of aromatic carboxylic acids is 1. The average molecular weight is 508 g/mol. The molecule has 1 amide bonds. The number of amides is 1. The van der Waals surface area contributed by atoms with Gasteiger partial charge in [0.25, 0.3) is 5.91 Å². The van der Waals surface area contributed by atoms with E-state index in [-0.39, 0.29) is 29.6 Å². The fourth-order valence-electron chi connectivity index (χ4n) is 4.87. The lowest BCUT2D eigenvalue weighted by Crippen LogP contribution is -2.59. The lowest BCUT2D eigenvalue weighted by molar-refractivity contribution is 0.0399. The Morgan fingerprint density at radius 3 is 2.35 bits per heavy atom. The second-order valence-corrected chi connectivity index (χ2v) is 10.5. The van der Waals surface area contributed by atoms with Crippen LogP contribution in [0, 0.1) is 5.41 Å². The third-order valence-corrected chi connectivity index (χ3v) is 7.09. The number of ether oxygens (including phenoxy) is 1. The van der Waals surface area contributed by atoms with Crippen LogP contribution in [0.2, 0.25) is 0 Å². The topological polar surface area (TPSA) is 119 Å². The van der Waals surface area contributed by atoms with Gasteiger partial charge in [-0.2, -0.15) is 0 Å². The average Bonchev–Trinajstić information content (AvgIpc) is 2.82. The highest BCUT2D eigenvalue weighted by Crippen LogP contribution is 2.33. The van der Waals surface area contributed by atoms with Crippen LogP contribution in [0.1, 0.15) is 72.4 Å². The number of anilines is 1. The highest BCUT2D eigenvalue weighted by Gasteiger charge is 2.32. The third kappa shape index (κ3) is 6.10. The van der Waals surface area contributed by atoms with E-state index >= 15 is 0 Å². The van der Waals surface area contributed by atoms with Crippen LogP contribution in [-0.4, -0.2) is 83.0 Å². The van der Waals surface area contributed by atoms with Gasteiger partial charge in [0.1, 0.15) is 5.82 Å². The summed E-state index contributed by atoms with van der Waals surface area (Å²) in [6, 6.07) is 9.13. The highest BCUT2D eigenvalue weighted by atomic mass is 16.5. The Balaban J connectivity index is 1.70. The lowest BCUT2D eigenvalue weighted by atomic mass is 9.94. The fourth-order valence-corrected chi connectivity index (χ4v) is 4.87. The van der Waals surface area contributed by atoms with Crippen LogP contribution in [0.3, 0.4) is 0 Å². The molecule has 198 valence electrons. The number of benzene rings is 1. The first-order valence-corrected chi connectivity index (χ1v) is 13.0. The van der Waals surface area contributed by atoms with Crippen LogP contribution in [0.4, 0.5) is 5.82 Å².